The summed E-state index contributed by atoms with van der Waals surface area (Å²) in [5, 5.41) is 2.81. The minimum absolute atomic E-state index is 0.00690. The maximum Gasteiger partial charge on any atom is 0.325 e. The van der Waals surface area contributed by atoms with Crippen LogP contribution in [0.2, 0.25) is 0 Å². The zero-order valence-corrected chi connectivity index (χ0v) is 13.7. The molecule has 2 aliphatic heterocycles. The third-order valence-corrected chi connectivity index (χ3v) is 5.57. The first-order chi connectivity index (χ1) is 11.0. The molecule has 0 aromatic rings. The van der Waals surface area contributed by atoms with Gasteiger partial charge in [0.2, 0.25) is 5.91 Å². The van der Waals surface area contributed by atoms with Crippen molar-refractivity contribution in [2.24, 2.45) is 11.7 Å². The minimum Gasteiger partial charge on any atom is -0.337 e. The second-order valence-corrected chi connectivity index (χ2v) is 7.22. The Morgan fingerprint density at radius 3 is 2.70 bits per heavy atom. The number of urea groups is 1. The van der Waals surface area contributed by atoms with E-state index in [1.54, 1.807) is 4.90 Å². The minimum atomic E-state index is -0.749. The normalized spacial score (nSPS) is 30.2. The number of imide groups is 1. The van der Waals surface area contributed by atoms with E-state index in [1.807, 2.05) is 0 Å². The molecule has 2 unspecified atom stereocenters. The van der Waals surface area contributed by atoms with E-state index in [1.165, 1.54) is 0 Å². The van der Waals surface area contributed by atoms with Crippen molar-refractivity contribution in [2.75, 3.05) is 19.6 Å². The lowest BCUT2D eigenvalue weighted by atomic mass is 9.92. The van der Waals surface area contributed by atoms with Crippen molar-refractivity contribution in [2.45, 2.75) is 57.0 Å². The highest BCUT2D eigenvalue weighted by Gasteiger charge is 2.53. The number of rotatable bonds is 3. The second kappa shape index (κ2) is 6.11. The van der Waals surface area contributed by atoms with Crippen LogP contribution in [-0.4, -0.2) is 58.9 Å². The molecule has 3 N–H and O–H groups in total. The fourth-order valence-electron chi connectivity index (χ4n) is 4.17. The van der Waals surface area contributed by atoms with Crippen LogP contribution in [0.15, 0.2) is 0 Å². The zero-order valence-electron chi connectivity index (χ0n) is 13.7. The molecule has 2 atom stereocenters. The van der Waals surface area contributed by atoms with Gasteiger partial charge in [-0.1, -0.05) is 19.8 Å². The van der Waals surface area contributed by atoms with Gasteiger partial charge in [-0.05, 0) is 31.6 Å². The molecule has 3 rings (SSSR count). The van der Waals surface area contributed by atoms with Gasteiger partial charge in [-0.25, -0.2) is 4.79 Å². The third kappa shape index (κ3) is 2.82. The van der Waals surface area contributed by atoms with Gasteiger partial charge in [0.25, 0.3) is 5.91 Å². The van der Waals surface area contributed by atoms with E-state index in [9.17, 15) is 14.4 Å². The fraction of sp³-hybridized carbons (Fsp3) is 0.812. The molecule has 0 aromatic heterocycles. The van der Waals surface area contributed by atoms with E-state index in [0.717, 1.165) is 30.6 Å². The molecule has 1 saturated carbocycles. The summed E-state index contributed by atoms with van der Waals surface area (Å²) in [5.74, 6) is 0.139. The summed E-state index contributed by atoms with van der Waals surface area (Å²) < 4.78 is 0. The van der Waals surface area contributed by atoms with Crippen molar-refractivity contribution in [3.8, 4) is 0 Å². The Balaban J connectivity index is 1.68. The first kappa shape index (κ1) is 16.2. The second-order valence-electron chi connectivity index (χ2n) is 7.22. The van der Waals surface area contributed by atoms with Crippen LogP contribution in [0, 0.1) is 5.92 Å². The van der Waals surface area contributed by atoms with Crippen molar-refractivity contribution in [1.29, 1.82) is 0 Å². The summed E-state index contributed by atoms with van der Waals surface area (Å²) in [6.45, 7) is 3.06. The number of likely N-dealkylation sites (tertiary alicyclic amines) is 1. The van der Waals surface area contributed by atoms with E-state index in [-0.39, 0.29) is 24.4 Å². The van der Waals surface area contributed by atoms with Gasteiger partial charge >= 0.3 is 6.03 Å². The third-order valence-electron chi connectivity index (χ3n) is 5.57. The molecule has 0 radical (unpaired) electrons. The number of hydrogen-bond acceptors (Lipinski definition) is 4. The SMILES string of the molecule is CC1CCN(C(=O)CN2C(=O)NC3(CCCC3)C2=O)C(CN)C1. The highest BCUT2D eigenvalue weighted by Crippen LogP contribution is 2.35. The first-order valence-corrected chi connectivity index (χ1v) is 8.60. The van der Waals surface area contributed by atoms with Crippen LogP contribution in [-0.2, 0) is 9.59 Å². The maximum absolute atomic E-state index is 12.6. The molecule has 1 aliphatic carbocycles. The maximum atomic E-state index is 12.6. The van der Waals surface area contributed by atoms with E-state index < -0.39 is 11.6 Å². The van der Waals surface area contributed by atoms with Gasteiger partial charge in [-0.3, -0.25) is 14.5 Å². The van der Waals surface area contributed by atoms with Gasteiger partial charge in [0.05, 0.1) is 0 Å². The van der Waals surface area contributed by atoms with Gasteiger partial charge in [-0.15, -0.1) is 0 Å². The van der Waals surface area contributed by atoms with Crippen LogP contribution >= 0.6 is 0 Å². The molecular weight excluding hydrogens is 296 g/mol. The predicted molar refractivity (Wildman–Crippen MR) is 84.4 cm³/mol. The molecule has 23 heavy (non-hydrogen) atoms. The van der Waals surface area contributed by atoms with Crippen molar-refractivity contribution in [3.05, 3.63) is 0 Å². The van der Waals surface area contributed by atoms with E-state index in [2.05, 4.69) is 12.2 Å². The molecule has 2 saturated heterocycles. The molecule has 128 valence electrons. The highest BCUT2D eigenvalue weighted by molar-refractivity contribution is 6.09. The van der Waals surface area contributed by atoms with Gasteiger partial charge in [0.15, 0.2) is 0 Å². The number of carbonyl (C=O) groups is 3. The number of carbonyl (C=O) groups excluding carboxylic acids is 3. The summed E-state index contributed by atoms with van der Waals surface area (Å²) in [4.78, 5) is 40.2. The van der Waals surface area contributed by atoms with Crippen LogP contribution in [0.5, 0.6) is 0 Å². The molecule has 3 fully saturated rings. The summed E-state index contributed by atoms with van der Waals surface area (Å²) in [6.07, 6.45) is 5.04. The topological polar surface area (TPSA) is 95.7 Å². The molecule has 1 spiro atoms. The number of nitrogens with zero attached hydrogens (tertiary/aromatic N) is 2. The Kier molecular flexibility index (Phi) is 4.31. The summed E-state index contributed by atoms with van der Waals surface area (Å²) in [7, 11) is 0. The lowest BCUT2D eigenvalue weighted by Crippen LogP contribution is -2.53. The lowest BCUT2D eigenvalue weighted by Gasteiger charge is -2.38. The standard InChI is InChI=1S/C16H26N4O3/c1-11-4-7-19(12(8-11)9-17)13(21)10-20-14(22)16(18-15(20)23)5-2-3-6-16/h11-12H,2-10,17H2,1H3,(H,18,23). The summed E-state index contributed by atoms with van der Waals surface area (Å²) in [5.41, 5.74) is 5.05. The van der Waals surface area contributed by atoms with Crippen molar-refractivity contribution in [1.82, 2.24) is 15.1 Å². The molecule has 4 amide bonds. The summed E-state index contributed by atoms with van der Waals surface area (Å²) in [6, 6.07) is -0.424. The Morgan fingerprint density at radius 1 is 1.35 bits per heavy atom. The highest BCUT2D eigenvalue weighted by atomic mass is 16.2. The van der Waals surface area contributed by atoms with Gasteiger partial charge in [-0.2, -0.15) is 0 Å². The molecular formula is C16H26N4O3. The molecule has 0 aromatic carbocycles. The molecule has 3 aliphatic rings. The number of amides is 4. The Bertz CT molecular complexity index is 515. The Morgan fingerprint density at radius 2 is 2.04 bits per heavy atom. The first-order valence-electron chi connectivity index (χ1n) is 8.60. The van der Waals surface area contributed by atoms with E-state index in [4.69, 9.17) is 5.73 Å². The lowest BCUT2D eigenvalue weighted by molar-refractivity contribution is -0.141. The zero-order chi connectivity index (χ0) is 16.6. The Hall–Kier alpha value is -1.63. The van der Waals surface area contributed by atoms with Crippen molar-refractivity contribution < 1.29 is 14.4 Å². The van der Waals surface area contributed by atoms with Crippen LogP contribution < -0.4 is 11.1 Å². The number of hydrogen-bond donors (Lipinski definition) is 2. The summed E-state index contributed by atoms with van der Waals surface area (Å²) >= 11 is 0. The van der Waals surface area contributed by atoms with Crippen molar-refractivity contribution >= 4 is 17.8 Å². The molecule has 7 nitrogen and oxygen atoms in total. The van der Waals surface area contributed by atoms with E-state index >= 15 is 0 Å². The average Bonchev–Trinajstić information content (AvgIpc) is 3.08. The van der Waals surface area contributed by atoms with Crippen LogP contribution in [0.1, 0.15) is 45.4 Å². The largest absolute Gasteiger partial charge is 0.337 e. The smallest absolute Gasteiger partial charge is 0.325 e. The number of nitrogens with two attached hydrogens (primary N) is 1. The monoisotopic (exact) mass is 322 g/mol. The average molecular weight is 322 g/mol. The molecule has 0 bridgehead atoms. The predicted octanol–water partition coefficient (Wildman–Crippen LogP) is 0.437. The quantitative estimate of drug-likeness (QED) is 0.737. The molecule has 7 heteroatoms. The Labute approximate surface area is 136 Å². The van der Waals surface area contributed by atoms with Crippen LogP contribution in [0.4, 0.5) is 4.79 Å². The molecule has 2 heterocycles. The van der Waals surface area contributed by atoms with Crippen LogP contribution in [0.3, 0.4) is 0 Å². The van der Waals surface area contributed by atoms with Crippen LogP contribution in [0.25, 0.3) is 0 Å². The number of nitrogens with one attached hydrogen (secondary N) is 1. The van der Waals surface area contributed by atoms with Gasteiger partial charge in [0, 0.05) is 19.1 Å². The van der Waals surface area contributed by atoms with Gasteiger partial charge in [0.1, 0.15) is 12.1 Å². The van der Waals surface area contributed by atoms with Crippen molar-refractivity contribution in [3.63, 3.8) is 0 Å². The van der Waals surface area contributed by atoms with E-state index in [0.29, 0.717) is 31.8 Å². The fourth-order valence-corrected chi connectivity index (χ4v) is 4.17. The number of piperidine rings is 1. The van der Waals surface area contributed by atoms with Gasteiger partial charge < -0.3 is 16.0 Å².